The molecule has 0 spiro atoms. The van der Waals surface area contributed by atoms with Crippen LogP contribution in [0.25, 0.3) is 0 Å². The fourth-order valence-corrected chi connectivity index (χ4v) is 2.32. The van der Waals surface area contributed by atoms with Gasteiger partial charge in [-0.25, -0.2) is 4.79 Å². The van der Waals surface area contributed by atoms with E-state index in [0.717, 1.165) is 21.9 Å². The number of hydrogen-bond donors (Lipinski definition) is 3. The number of amides is 2. The molecule has 0 fully saturated rings. The Morgan fingerprint density at radius 2 is 1.85 bits per heavy atom. The van der Waals surface area contributed by atoms with Crippen LogP contribution in [-0.4, -0.2) is 11.0 Å². The highest BCUT2D eigenvalue weighted by molar-refractivity contribution is 7.15. The van der Waals surface area contributed by atoms with Crippen molar-refractivity contribution in [2.45, 2.75) is 6.54 Å². The van der Waals surface area contributed by atoms with Crippen molar-refractivity contribution in [2.24, 2.45) is 5.73 Å². The zero-order valence-electron chi connectivity index (χ0n) is 10.3. The summed E-state index contributed by atoms with van der Waals surface area (Å²) < 4.78 is 0. The van der Waals surface area contributed by atoms with Crippen molar-refractivity contribution in [3.05, 3.63) is 51.4 Å². The van der Waals surface area contributed by atoms with Gasteiger partial charge in [0, 0.05) is 28.9 Å². The van der Waals surface area contributed by atoms with E-state index in [4.69, 9.17) is 5.73 Å². The van der Waals surface area contributed by atoms with Crippen LogP contribution in [0.15, 0.2) is 36.4 Å². The van der Waals surface area contributed by atoms with Crippen molar-refractivity contribution in [2.75, 3.05) is 10.6 Å². The summed E-state index contributed by atoms with van der Waals surface area (Å²) in [5, 5.41) is 16.3. The molecule has 1 aromatic carbocycles. The maximum atomic E-state index is 10.7. The fraction of sp³-hybridized carbons (Fsp3) is 0.0833. The minimum atomic E-state index is -0.614. The van der Waals surface area contributed by atoms with Crippen LogP contribution in [0.4, 0.5) is 21.2 Å². The molecular weight excluding hydrogens is 280 g/mol. The van der Waals surface area contributed by atoms with E-state index in [1.165, 1.54) is 6.07 Å². The summed E-state index contributed by atoms with van der Waals surface area (Å²) in [6.07, 6.45) is 0. The summed E-state index contributed by atoms with van der Waals surface area (Å²) in [6.45, 7) is 0.501. The molecule has 1 aromatic heterocycles. The van der Waals surface area contributed by atoms with Crippen LogP contribution in [0.1, 0.15) is 4.88 Å². The largest absolute Gasteiger partial charge is 0.380 e. The van der Waals surface area contributed by atoms with E-state index in [2.05, 4.69) is 10.6 Å². The van der Waals surface area contributed by atoms with Gasteiger partial charge in [-0.15, -0.1) is 0 Å². The van der Waals surface area contributed by atoms with Crippen LogP contribution in [0, 0.1) is 10.1 Å². The van der Waals surface area contributed by atoms with Gasteiger partial charge >= 0.3 is 11.0 Å². The van der Waals surface area contributed by atoms with E-state index in [0.29, 0.717) is 12.2 Å². The second-order valence-corrected chi connectivity index (χ2v) is 5.06. The van der Waals surface area contributed by atoms with E-state index in [-0.39, 0.29) is 5.00 Å². The predicted octanol–water partition coefficient (Wildman–Crippen LogP) is 2.76. The van der Waals surface area contributed by atoms with Crippen molar-refractivity contribution in [1.82, 2.24) is 0 Å². The lowest BCUT2D eigenvalue weighted by Gasteiger charge is -2.06. The summed E-state index contributed by atoms with van der Waals surface area (Å²) in [6, 6.07) is 9.59. The summed E-state index contributed by atoms with van der Waals surface area (Å²) in [5.74, 6) is 0. The number of nitrogens with zero attached hydrogens (tertiary/aromatic N) is 1. The Morgan fingerprint density at radius 1 is 1.20 bits per heavy atom. The summed E-state index contributed by atoms with van der Waals surface area (Å²) >= 11 is 1.14. The first-order chi connectivity index (χ1) is 9.54. The number of nitrogens with two attached hydrogens (primary N) is 1. The van der Waals surface area contributed by atoms with E-state index in [9.17, 15) is 14.9 Å². The van der Waals surface area contributed by atoms with Gasteiger partial charge in [-0.3, -0.25) is 10.1 Å². The molecule has 0 aliphatic carbocycles. The molecule has 2 amide bonds. The monoisotopic (exact) mass is 292 g/mol. The average molecular weight is 292 g/mol. The molecular formula is C12H12N4O3S. The number of nitrogens with one attached hydrogen (secondary N) is 2. The normalized spacial score (nSPS) is 10.0. The zero-order valence-corrected chi connectivity index (χ0v) is 11.1. The molecule has 2 rings (SSSR count). The fourth-order valence-electron chi connectivity index (χ4n) is 1.56. The number of rotatable bonds is 5. The van der Waals surface area contributed by atoms with Gasteiger partial charge in [0.25, 0.3) is 0 Å². The Bertz CT molecular complexity index is 624. The molecule has 0 atom stereocenters. The molecule has 2 aromatic rings. The van der Waals surface area contributed by atoms with Gasteiger partial charge in [-0.2, -0.15) is 0 Å². The van der Waals surface area contributed by atoms with Crippen molar-refractivity contribution < 1.29 is 9.72 Å². The van der Waals surface area contributed by atoms with Crippen LogP contribution in [-0.2, 0) is 6.54 Å². The number of hydrogen-bond acceptors (Lipinski definition) is 5. The highest BCUT2D eigenvalue weighted by Gasteiger charge is 2.09. The molecule has 20 heavy (non-hydrogen) atoms. The Hall–Kier alpha value is -2.61. The third kappa shape index (κ3) is 3.69. The molecule has 0 aliphatic heterocycles. The van der Waals surface area contributed by atoms with Crippen molar-refractivity contribution in [1.29, 1.82) is 0 Å². The SMILES string of the molecule is NC(=O)Nc1ccc(NCc2ccc([N+](=O)[O-])s2)cc1. The third-order valence-corrected chi connectivity index (χ3v) is 3.48. The number of nitro groups is 1. The highest BCUT2D eigenvalue weighted by Crippen LogP contribution is 2.24. The summed E-state index contributed by atoms with van der Waals surface area (Å²) in [5.41, 5.74) is 6.45. The van der Waals surface area contributed by atoms with Crippen LogP contribution in [0.2, 0.25) is 0 Å². The minimum absolute atomic E-state index is 0.128. The highest BCUT2D eigenvalue weighted by atomic mass is 32.1. The first kappa shape index (κ1) is 13.8. The lowest BCUT2D eigenvalue weighted by Crippen LogP contribution is -2.19. The molecule has 0 saturated carbocycles. The standard InChI is InChI=1S/C12H12N4O3S/c13-12(17)15-9-3-1-8(2-4-9)14-7-10-5-6-11(20-10)16(18)19/h1-6,14H,7H2,(H3,13,15,17). The number of carbonyl (C=O) groups is 1. The van der Waals surface area contributed by atoms with E-state index in [1.54, 1.807) is 30.3 Å². The number of urea groups is 1. The second-order valence-electron chi connectivity index (χ2n) is 3.92. The first-order valence-corrected chi connectivity index (χ1v) is 6.50. The molecule has 0 saturated heterocycles. The van der Waals surface area contributed by atoms with Crippen LogP contribution in [0.5, 0.6) is 0 Å². The van der Waals surface area contributed by atoms with Gasteiger partial charge in [0.05, 0.1) is 4.92 Å². The molecule has 0 radical (unpaired) electrons. The Morgan fingerprint density at radius 3 is 2.40 bits per heavy atom. The van der Waals surface area contributed by atoms with Gasteiger partial charge in [-0.05, 0) is 30.3 Å². The van der Waals surface area contributed by atoms with Crippen LogP contribution >= 0.6 is 11.3 Å². The first-order valence-electron chi connectivity index (χ1n) is 5.68. The van der Waals surface area contributed by atoms with Gasteiger partial charge in [0.2, 0.25) is 0 Å². The lowest BCUT2D eigenvalue weighted by atomic mass is 10.3. The second kappa shape index (κ2) is 6.02. The van der Waals surface area contributed by atoms with Crippen molar-refractivity contribution >= 4 is 33.7 Å². The smallest absolute Gasteiger partial charge is 0.324 e. The molecule has 104 valence electrons. The Labute approximate surface area is 118 Å². The number of carbonyl (C=O) groups excluding carboxylic acids is 1. The van der Waals surface area contributed by atoms with Gasteiger partial charge in [0.15, 0.2) is 0 Å². The van der Waals surface area contributed by atoms with E-state index in [1.807, 2.05) is 0 Å². The maximum Gasteiger partial charge on any atom is 0.324 e. The third-order valence-electron chi connectivity index (χ3n) is 2.45. The summed E-state index contributed by atoms with van der Waals surface area (Å²) in [7, 11) is 0. The van der Waals surface area contributed by atoms with Crippen LogP contribution < -0.4 is 16.4 Å². The van der Waals surface area contributed by atoms with Crippen LogP contribution in [0.3, 0.4) is 0 Å². The van der Waals surface area contributed by atoms with Gasteiger partial charge in [-0.1, -0.05) is 11.3 Å². The van der Waals surface area contributed by atoms with E-state index < -0.39 is 11.0 Å². The zero-order chi connectivity index (χ0) is 14.5. The predicted molar refractivity (Wildman–Crippen MR) is 77.9 cm³/mol. The van der Waals surface area contributed by atoms with Gasteiger partial charge in [0.1, 0.15) is 0 Å². The van der Waals surface area contributed by atoms with E-state index >= 15 is 0 Å². The molecule has 0 unspecified atom stereocenters. The number of primary amides is 1. The Kier molecular flexibility index (Phi) is 4.16. The number of benzene rings is 1. The van der Waals surface area contributed by atoms with Gasteiger partial charge < -0.3 is 16.4 Å². The summed E-state index contributed by atoms with van der Waals surface area (Å²) in [4.78, 5) is 21.7. The topological polar surface area (TPSA) is 110 Å². The lowest BCUT2D eigenvalue weighted by molar-refractivity contribution is -0.380. The number of anilines is 2. The molecule has 8 heteroatoms. The quantitative estimate of drug-likeness (QED) is 0.581. The molecule has 0 bridgehead atoms. The molecule has 1 heterocycles. The van der Waals surface area contributed by atoms with Crippen molar-refractivity contribution in [3.63, 3.8) is 0 Å². The molecule has 0 aliphatic rings. The number of thiophene rings is 1. The maximum absolute atomic E-state index is 10.7. The minimum Gasteiger partial charge on any atom is -0.380 e. The Balaban J connectivity index is 1.93. The average Bonchev–Trinajstić information content (AvgIpc) is 2.86. The molecule has 4 N–H and O–H groups in total. The van der Waals surface area contributed by atoms with Crippen molar-refractivity contribution in [3.8, 4) is 0 Å². The molecule has 7 nitrogen and oxygen atoms in total.